The van der Waals surface area contributed by atoms with Crippen LogP contribution in [-0.4, -0.2) is 37.2 Å². The number of carbonyl (C=O) groups is 3. The number of amides is 3. The molecule has 3 amide bonds. The summed E-state index contributed by atoms with van der Waals surface area (Å²) in [4.78, 5) is 35.0. The van der Waals surface area contributed by atoms with Crippen LogP contribution >= 0.6 is 0 Å². The van der Waals surface area contributed by atoms with Crippen molar-refractivity contribution in [2.24, 2.45) is 0 Å². The van der Waals surface area contributed by atoms with Gasteiger partial charge in [0.1, 0.15) is 5.75 Å². The normalized spacial score (nSPS) is 11.5. The highest BCUT2D eigenvalue weighted by Crippen LogP contribution is 2.13. The molecule has 1 aromatic rings. The molecule has 24 heavy (non-hydrogen) atoms. The smallest absolute Gasteiger partial charge is 0.321 e. The highest BCUT2D eigenvalue weighted by molar-refractivity contribution is 5.97. The lowest BCUT2D eigenvalue weighted by molar-refractivity contribution is -0.154. The first-order valence-corrected chi connectivity index (χ1v) is 7.75. The second-order valence-electron chi connectivity index (χ2n) is 5.60. The number of esters is 1. The highest BCUT2D eigenvalue weighted by atomic mass is 16.5. The number of urea groups is 1. The summed E-state index contributed by atoms with van der Waals surface area (Å²) in [6, 6.07) is 6.63. The number of hydrogen-bond donors (Lipinski definition) is 2. The minimum absolute atomic E-state index is 0.0971. The van der Waals surface area contributed by atoms with Crippen LogP contribution in [-0.2, 0) is 20.7 Å². The summed E-state index contributed by atoms with van der Waals surface area (Å²) >= 11 is 0. The number of benzene rings is 1. The summed E-state index contributed by atoms with van der Waals surface area (Å²) in [5.41, 5.74) is 0.959. The fraction of sp³-hybridized carbons (Fsp3) is 0.471. The largest absolute Gasteiger partial charge is 0.497 e. The molecule has 0 spiro atoms. The van der Waals surface area contributed by atoms with Crippen LogP contribution in [0.25, 0.3) is 0 Å². The number of nitrogens with one attached hydrogen (secondary N) is 2. The summed E-state index contributed by atoms with van der Waals surface area (Å²) in [6.45, 7) is 4.96. The van der Waals surface area contributed by atoms with Crippen LogP contribution in [0.3, 0.4) is 0 Å². The molecule has 0 saturated carbocycles. The van der Waals surface area contributed by atoms with Gasteiger partial charge in [0.15, 0.2) is 6.10 Å². The average Bonchev–Trinajstić information content (AvgIpc) is 2.52. The maximum Gasteiger partial charge on any atom is 0.321 e. The molecule has 0 bridgehead atoms. The van der Waals surface area contributed by atoms with E-state index in [0.29, 0.717) is 6.42 Å². The molecule has 0 fully saturated rings. The third-order valence-electron chi connectivity index (χ3n) is 3.11. The molecule has 0 aliphatic carbocycles. The van der Waals surface area contributed by atoms with Gasteiger partial charge in [-0.25, -0.2) is 4.79 Å². The van der Waals surface area contributed by atoms with Gasteiger partial charge in [-0.3, -0.25) is 14.9 Å². The van der Waals surface area contributed by atoms with E-state index >= 15 is 0 Å². The Morgan fingerprint density at radius 2 is 1.71 bits per heavy atom. The molecule has 2 N–H and O–H groups in total. The quantitative estimate of drug-likeness (QED) is 0.741. The Bertz CT molecular complexity index is 569. The molecule has 0 saturated heterocycles. The molecule has 0 heterocycles. The molecule has 1 aromatic carbocycles. The van der Waals surface area contributed by atoms with Crippen LogP contribution in [0.15, 0.2) is 24.3 Å². The van der Waals surface area contributed by atoms with Crippen LogP contribution in [0.2, 0.25) is 0 Å². The number of carbonyl (C=O) groups excluding carboxylic acids is 3. The molecule has 0 aliphatic heterocycles. The van der Waals surface area contributed by atoms with E-state index in [1.165, 1.54) is 6.92 Å². The second-order valence-corrected chi connectivity index (χ2v) is 5.60. The molecule has 132 valence electrons. The molecular weight excluding hydrogens is 312 g/mol. The number of ether oxygens (including phenoxy) is 2. The predicted octanol–water partition coefficient (Wildman–Crippen LogP) is 1.79. The lowest BCUT2D eigenvalue weighted by Crippen LogP contribution is -2.46. The van der Waals surface area contributed by atoms with E-state index in [-0.39, 0.29) is 12.5 Å². The van der Waals surface area contributed by atoms with Crippen molar-refractivity contribution in [2.45, 2.75) is 45.8 Å². The summed E-state index contributed by atoms with van der Waals surface area (Å²) in [7, 11) is 1.58. The maximum atomic E-state index is 11.8. The van der Waals surface area contributed by atoms with Crippen LogP contribution in [0.5, 0.6) is 5.75 Å². The lowest BCUT2D eigenvalue weighted by Gasteiger charge is -2.14. The second kappa shape index (κ2) is 9.54. The van der Waals surface area contributed by atoms with E-state index in [0.717, 1.165) is 11.3 Å². The van der Waals surface area contributed by atoms with Crippen molar-refractivity contribution in [2.75, 3.05) is 7.11 Å². The highest BCUT2D eigenvalue weighted by Gasteiger charge is 2.20. The average molecular weight is 336 g/mol. The zero-order valence-electron chi connectivity index (χ0n) is 14.4. The summed E-state index contributed by atoms with van der Waals surface area (Å²) in [6.07, 6.45) is -0.404. The van der Waals surface area contributed by atoms with Gasteiger partial charge in [-0.1, -0.05) is 12.1 Å². The van der Waals surface area contributed by atoms with Gasteiger partial charge in [0.25, 0.3) is 5.91 Å². The number of imide groups is 1. The van der Waals surface area contributed by atoms with Crippen molar-refractivity contribution >= 4 is 17.9 Å². The first-order valence-electron chi connectivity index (χ1n) is 7.75. The minimum atomic E-state index is -1.04. The monoisotopic (exact) mass is 336 g/mol. The van der Waals surface area contributed by atoms with Crippen molar-refractivity contribution in [3.63, 3.8) is 0 Å². The molecule has 7 nitrogen and oxygen atoms in total. The van der Waals surface area contributed by atoms with Gasteiger partial charge < -0.3 is 14.8 Å². The molecule has 1 rings (SSSR count). The van der Waals surface area contributed by atoms with Gasteiger partial charge in [-0.15, -0.1) is 0 Å². The van der Waals surface area contributed by atoms with Gasteiger partial charge in [-0.05, 0) is 44.9 Å². The van der Waals surface area contributed by atoms with E-state index in [2.05, 4.69) is 10.6 Å². The van der Waals surface area contributed by atoms with Gasteiger partial charge in [0.05, 0.1) is 7.11 Å². The number of aryl methyl sites for hydroxylation is 1. The van der Waals surface area contributed by atoms with Gasteiger partial charge in [0, 0.05) is 12.5 Å². The van der Waals surface area contributed by atoms with Crippen molar-refractivity contribution in [1.82, 2.24) is 10.6 Å². The van der Waals surface area contributed by atoms with E-state index < -0.39 is 24.0 Å². The first-order chi connectivity index (χ1) is 11.3. The van der Waals surface area contributed by atoms with Crippen LogP contribution in [0.1, 0.15) is 32.8 Å². The minimum Gasteiger partial charge on any atom is -0.497 e. The topological polar surface area (TPSA) is 93.7 Å². The predicted molar refractivity (Wildman–Crippen MR) is 88.7 cm³/mol. The third kappa shape index (κ3) is 7.13. The number of hydrogen-bond acceptors (Lipinski definition) is 5. The number of methoxy groups -OCH3 is 1. The van der Waals surface area contributed by atoms with Crippen molar-refractivity contribution in [3.05, 3.63) is 29.8 Å². The van der Waals surface area contributed by atoms with Crippen molar-refractivity contribution in [3.8, 4) is 5.75 Å². The van der Waals surface area contributed by atoms with E-state index in [9.17, 15) is 14.4 Å². The van der Waals surface area contributed by atoms with E-state index in [1.54, 1.807) is 21.0 Å². The maximum absolute atomic E-state index is 11.8. The standard InChI is InChI=1S/C17H24N2O5/c1-11(2)18-17(22)19-16(21)12(3)24-15(20)10-7-13-5-8-14(23-4)9-6-13/h5-6,8-9,11-12H,7,10H2,1-4H3,(H2,18,19,21,22)/t12-/m1/s1. The van der Waals surface area contributed by atoms with Gasteiger partial charge in [0.2, 0.25) is 0 Å². The van der Waals surface area contributed by atoms with E-state index in [1.807, 2.05) is 24.3 Å². The van der Waals surface area contributed by atoms with Crippen LogP contribution in [0, 0.1) is 0 Å². The fourth-order valence-electron chi connectivity index (χ4n) is 1.86. The lowest BCUT2D eigenvalue weighted by atomic mass is 10.1. The summed E-state index contributed by atoms with van der Waals surface area (Å²) in [5, 5.41) is 4.64. The van der Waals surface area contributed by atoms with Crippen molar-refractivity contribution in [1.29, 1.82) is 0 Å². The molecule has 0 unspecified atom stereocenters. The van der Waals surface area contributed by atoms with Crippen LogP contribution < -0.4 is 15.4 Å². The van der Waals surface area contributed by atoms with Crippen LogP contribution in [0.4, 0.5) is 4.79 Å². The Morgan fingerprint density at radius 1 is 1.08 bits per heavy atom. The Morgan fingerprint density at radius 3 is 2.25 bits per heavy atom. The summed E-state index contributed by atoms with van der Waals surface area (Å²) < 4.78 is 10.1. The molecule has 0 radical (unpaired) electrons. The third-order valence-corrected chi connectivity index (χ3v) is 3.11. The van der Waals surface area contributed by atoms with Gasteiger partial charge >= 0.3 is 12.0 Å². The Kier molecular flexibility index (Phi) is 7.74. The fourth-order valence-corrected chi connectivity index (χ4v) is 1.86. The molecule has 0 aromatic heterocycles. The molecular formula is C17H24N2O5. The Hall–Kier alpha value is -2.57. The molecule has 0 aliphatic rings. The number of rotatable bonds is 7. The molecule has 1 atom stereocenters. The van der Waals surface area contributed by atoms with Crippen molar-refractivity contribution < 1.29 is 23.9 Å². The SMILES string of the molecule is COc1ccc(CCC(=O)O[C@H](C)C(=O)NC(=O)NC(C)C)cc1. The summed E-state index contributed by atoms with van der Waals surface area (Å²) in [5.74, 6) is -0.421. The zero-order chi connectivity index (χ0) is 18.1. The zero-order valence-corrected chi connectivity index (χ0v) is 14.4. The Balaban J connectivity index is 2.37. The first kappa shape index (κ1) is 19.5. The molecule has 7 heteroatoms. The van der Waals surface area contributed by atoms with E-state index in [4.69, 9.17) is 9.47 Å². The Labute approximate surface area is 141 Å². The van der Waals surface area contributed by atoms with Gasteiger partial charge in [-0.2, -0.15) is 0 Å².